The lowest BCUT2D eigenvalue weighted by molar-refractivity contribution is -0.123. The van der Waals surface area contributed by atoms with Crippen molar-refractivity contribution in [2.45, 2.75) is 12.5 Å². The van der Waals surface area contributed by atoms with E-state index < -0.39 is 0 Å². The maximum absolute atomic E-state index is 11.6. The number of nitrogens with one attached hydrogen (secondary N) is 1. The van der Waals surface area contributed by atoms with E-state index in [4.69, 9.17) is 14.6 Å². The van der Waals surface area contributed by atoms with Gasteiger partial charge in [-0.2, -0.15) is 0 Å². The van der Waals surface area contributed by atoms with Crippen LogP contribution in [0.15, 0.2) is 28.7 Å². The summed E-state index contributed by atoms with van der Waals surface area (Å²) in [5, 5.41) is 11.7. The molecule has 2 N–H and O–H groups in total. The number of methoxy groups -OCH3 is 1. The Morgan fingerprint density at radius 1 is 1.53 bits per heavy atom. The Labute approximate surface area is 121 Å². The maximum atomic E-state index is 11.6. The molecule has 0 fully saturated rings. The van der Waals surface area contributed by atoms with Crippen molar-refractivity contribution in [2.24, 2.45) is 0 Å². The molecule has 0 aromatic heterocycles. The van der Waals surface area contributed by atoms with Gasteiger partial charge in [-0.3, -0.25) is 4.79 Å². The van der Waals surface area contributed by atoms with Gasteiger partial charge in [-0.05, 0) is 18.2 Å². The standard InChI is InChI=1S/C13H18BrNO4/c1-18-9-11(8-16)15-13(17)5-6-19-12-4-2-3-10(14)7-12/h2-4,7,11,16H,5-6,8-9H2,1H3,(H,15,17). The molecule has 5 nitrogen and oxygen atoms in total. The molecule has 1 rings (SSSR count). The highest BCUT2D eigenvalue weighted by Gasteiger charge is 2.10. The predicted octanol–water partition coefficient (Wildman–Crippen LogP) is 1.34. The molecule has 1 aromatic rings. The molecule has 1 atom stereocenters. The average Bonchev–Trinajstić information content (AvgIpc) is 2.38. The van der Waals surface area contributed by atoms with E-state index in [-0.39, 0.29) is 38.2 Å². The molecule has 0 aliphatic carbocycles. The molecule has 0 aliphatic heterocycles. The highest BCUT2D eigenvalue weighted by molar-refractivity contribution is 9.10. The van der Waals surface area contributed by atoms with E-state index in [1.807, 2.05) is 24.3 Å². The summed E-state index contributed by atoms with van der Waals surface area (Å²) in [5.74, 6) is 0.531. The Hall–Kier alpha value is -1.11. The van der Waals surface area contributed by atoms with Crippen LogP contribution in [0.4, 0.5) is 0 Å². The zero-order valence-electron chi connectivity index (χ0n) is 10.8. The minimum absolute atomic E-state index is 0.147. The van der Waals surface area contributed by atoms with Gasteiger partial charge in [0.05, 0.1) is 32.3 Å². The second kappa shape index (κ2) is 8.90. The second-order valence-electron chi connectivity index (χ2n) is 3.96. The molecule has 0 aliphatic rings. The van der Waals surface area contributed by atoms with Gasteiger partial charge in [-0.1, -0.05) is 22.0 Å². The Bertz CT molecular complexity index is 400. The fraction of sp³-hybridized carbons (Fsp3) is 0.462. The first-order valence-electron chi connectivity index (χ1n) is 5.93. The number of hydrogen-bond acceptors (Lipinski definition) is 4. The number of hydrogen-bond donors (Lipinski definition) is 2. The van der Waals surface area contributed by atoms with Gasteiger partial charge >= 0.3 is 0 Å². The van der Waals surface area contributed by atoms with Crippen molar-refractivity contribution in [1.29, 1.82) is 0 Å². The largest absolute Gasteiger partial charge is 0.493 e. The summed E-state index contributed by atoms with van der Waals surface area (Å²) in [6.07, 6.45) is 0.229. The number of aliphatic hydroxyl groups is 1. The molecule has 1 aromatic carbocycles. The molecule has 106 valence electrons. The van der Waals surface area contributed by atoms with Crippen LogP contribution in [0.1, 0.15) is 6.42 Å². The summed E-state index contributed by atoms with van der Waals surface area (Å²) < 4.78 is 11.2. The molecule has 0 radical (unpaired) electrons. The van der Waals surface area contributed by atoms with Gasteiger partial charge < -0.3 is 19.9 Å². The molecule has 6 heteroatoms. The zero-order chi connectivity index (χ0) is 14.1. The summed E-state index contributed by atoms with van der Waals surface area (Å²) in [5.41, 5.74) is 0. The molecule has 19 heavy (non-hydrogen) atoms. The van der Waals surface area contributed by atoms with E-state index in [2.05, 4.69) is 21.2 Å². The zero-order valence-corrected chi connectivity index (χ0v) is 12.4. The Morgan fingerprint density at radius 3 is 2.95 bits per heavy atom. The molecular formula is C13H18BrNO4. The first-order valence-corrected chi connectivity index (χ1v) is 6.72. The fourth-order valence-corrected chi connectivity index (χ4v) is 1.84. The summed E-state index contributed by atoms with van der Waals surface area (Å²) in [6, 6.07) is 7.04. The number of carbonyl (C=O) groups excluding carboxylic acids is 1. The van der Waals surface area contributed by atoms with E-state index in [1.54, 1.807) is 0 Å². The van der Waals surface area contributed by atoms with Gasteiger partial charge in [0.25, 0.3) is 0 Å². The second-order valence-corrected chi connectivity index (χ2v) is 4.87. The first-order chi connectivity index (χ1) is 9.15. The lowest BCUT2D eigenvalue weighted by Crippen LogP contribution is -2.41. The van der Waals surface area contributed by atoms with Crippen molar-refractivity contribution in [3.05, 3.63) is 28.7 Å². The normalized spacial score (nSPS) is 11.9. The number of benzene rings is 1. The van der Waals surface area contributed by atoms with Crippen molar-refractivity contribution in [2.75, 3.05) is 26.9 Å². The number of ether oxygens (including phenoxy) is 2. The van der Waals surface area contributed by atoms with Crippen molar-refractivity contribution in [3.8, 4) is 5.75 Å². The van der Waals surface area contributed by atoms with Crippen LogP contribution in [-0.4, -0.2) is 44.0 Å². The summed E-state index contributed by atoms with van der Waals surface area (Å²) in [7, 11) is 1.52. The van der Waals surface area contributed by atoms with E-state index in [9.17, 15) is 4.79 Å². The van der Waals surface area contributed by atoms with E-state index >= 15 is 0 Å². The van der Waals surface area contributed by atoms with Crippen LogP contribution in [0.25, 0.3) is 0 Å². The van der Waals surface area contributed by atoms with Gasteiger partial charge in [0.2, 0.25) is 5.91 Å². The van der Waals surface area contributed by atoms with Crippen LogP contribution in [0.2, 0.25) is 0 Å². The number of halogens is 1. The average molecular weight is 332 g/mol. The molecule has 0 spiro atoms. The Balaban J connectivity index is 2.27. The lowest BCUT2D eigenvalue weighted by Gasteiger charge is -2.15. The maximum Gasteiger partial charge on any atom is 0.223 e. The topological polar surface area (TPSA) is 67.8 Å². The van der Waals surface area contributed by atoms with Gasteiger partial charge in [-0.25, -0.2) is 0 Å². The third-order valence-corrected chi connectivity index (χ3v) is 2.84. The quantitative estimate of drug-likeness (QED) is 0.754. The van der Waals surface area contributed by atoms with E-state index in [0.29, 0.717) is 5.75 Å². The SMILES string of the molecule is COCC(CO)NC(=O)CCOc1cccc(Br)c1. The van der Waals surface area contributed by atoms with Crippen molar-refractivity contribution < 1.29 is 19.4 Å². The molecule has 1 amide bonds. The smallest absolute Gasteiger partial charge is 0.223 e. The van der Waals surface area contributed by atoms with E-state index in [0.717, 1.165) is 4.47 Å². The molecule has 1 unspecified atom stereocenters. The number of carbonyl (C=O) groups is 1. The molecule has 0 heterocycles. The van der Waals surface area contributed by atoms with Crippen LogP contribution in [0.3, 0.4) is 0 Å². The molecule has 0 saturated heterocycles. The molecule has 0 bridgehead atoms. The number of amides is 1. The number of aliphatic hydroxyl groups excluding tert-OH is 1. The highest BCUT2D eigenvalue weighted by Crippen LogP contribution is 2.17. The van der Waals surface area contributed by atoms with Crippen LogP contribution >= 0.6 is 15.9 Å². The van der Waals surface area contributed by atoms with Gasteiger partial charge in [-0.15, -0.1) is 0 Å². The monoisotopic (exact) mass is 331 g/mol. The Kier molecular flexibility index (Phi) is 7.47. The third-order valence-electron chi connectivity index (χ3n) is 2.35. The number of rotatable bonds is 8. The summed E-state index contributed by atoms with van der Waals surface area (Å²) in [6.45, 7) is 0.425. The van der Waals surface area contributed by atoms with Gasteiger partial charge in [0.1, 0.15) is 5.75 Å². The fourth-order valence-electron chi connectivity index (χ4n) is 1.46. The Morgan fingerprint density at radius 2 is 2.32 bits per heavy atom. The minimum Gasteiger partial charge on any atom is -0.493 e. The van der Waals surface area contributed by atoms with E-state index in [1.165, 1.54) is 7.11 Å². The minimum atomic E-state index is -0.372. The first kappa shape index (κ1) is 15.9. The van der Waals surface area contributed by atoms with Gasteiger partial charge in [0, 0.05) is 11.6 Å². The molecule has 0 saturated carbocycles. The van der Waals surface area contributed by atoms with Crippen molar-refractivity contribution in [3.63, 3.8) is 0 Å². The summed E-state index contributed by atoms with van der Waals surface area (Å²) >= 11 is 3.34. The highest BCUT2D eigenvalue weighted by atomic mass is 79.9. The van der Waals surface area contributed by atoms with Crippen molar-refractivity contribution in [1.82, 2.24) is 5.32 Å². The predicted molar refractivity (Wildman–Crippen MR) is 75.1 cm³/mol. The van der Waals surface area contributed by atoms with Crippen LogP contribution in [0.5, 0.6) is 5.75 Å². The molecular weight excluding hydrogens is 314 g/mol. The van der Waals surface area contributed by atoms with Crippen LogP contribution < -0.4 is 10.1 Å². The van der Waals surface area contributed by atoms with Gasteiger partial charge in [0.15, 0.2) is 0 Å². The summed E-state index contributed by atoms with van der Waals surface area (Å²) in [4.78, 5) is 11.6. The van der Waals surface area contributed by atoms with Crippen LogP contribution in [-0.2, 0) is 9.53 Å². The van der Waals surface area contributed by atoms with Crippen molar-refractivity contribution >= 4 is 21.8 Å². The van der Waals surface area contributed by atoms with Crippen LogP contribution in [0, 0.1) is 0 Å². The third kappa shape index (κ3) is 6.56. The lowest BCUT2D eigenvalue weighted by atomic mass is 10.3.